The molecule has 0 N–H and O–H groups in total. The lowest BCUT2D eigenvalue weighted by Gasteiger charge is -2.30. The maximum Gasteiger partial charge on any atom is 0.158 e. The van der Waals surface area contributed by atoms with Crippen LogP contribution in [0, 0.1) is 17.7 Å². The van der Waals surface area contributed by atoms with Gasteiger partial charge in [-0.3, -0.25) is 0 Å². The van der Waals surface area contributed by atoms with Gasteiger partial charge in [-0.15, -0.1) is 0 Å². The van der Waals surface area contributed by atoms with Gasteiger partial charge in [-0.05, 0) is 56.6 Å². The molecule has 0 spiro atoms. The smallest absolute Gasteiger partial charge is 0.158 e. The normalized spacial score (nSPS) is 36.8. The zero-order chi connectivity index (χ0) is 15.6. The Labute approximate surface area is 137 Å². The molecule has 0 amide bonds. The van der Waals surface area contributed by atoms with Crippen molar-refractivity contribution in [1.82, 2.24) is 0 Å². The number of halogens is 1. The van der Waals surface area contributed by atoms with Crippen molar-refractivity contribution in [2.45, 2.75) is 63.4 Å². The predicted octanol–water partition coefficient (Wildman–Crippen LogP) is 4.30. The number of rotatable bonds is 4. The second kappa shape index (κ2) is 6.78. The quantitative estimate of drug-likeness (QED) is 0.827. The Morgan fingerprint density at radius 1 is 1.09 bits per heavy atom. The Hall–Kier alpha value is -1.13. The van der Waals surface area contributed by atoms with E-state index in [4.69, 9.17) is 14.2 Å². The van der Waals surface area contributed by atoms with Crippen LogP contribution in [-0.4, -0.2) is 25.1 Å². The molecular weight excluding hydrogens is 295 g/mol. The minimum atomic E-state index is -0.253. The zero-order valence-electron chi connectivity index (χ0n) is 13.5. The summed E-state index contributed by atoms with van der Waals surface area (Å²) in [5.74, 6) is 1.58. The fourth-order valence-corrected chi connectivity index (χ4v) is 4.51. The number of benzene rings is 1. The summed E-state index contributed by atoms with van der Waals surface area (Å²) in [6.45, 7) is 0.791. The van der Waals surface area contributed by atoms with E-state index in [1.54, 1.807) is 6.07 Å². The van der Waals surface area contributed by atoms with Gasteiger partial charge in [-0.25, -0.2) is 4.39 Å². The minimum Gasteiger partial charge on any atom is -0.487 e. The van der Waals surface area contributed by atoms with Crippen molar-refractivity contribution >= 4 is 0 Å². The SMILES string of the molecule is Fc1cccc(OC2C(OC3CCCCO3)CC3CCCC32)c1. The van der Waals surface area contributed by atoms with Gasteiger partial charge in [0.2, 0.25) is 0 Å². The van der Waals surface area contributed by atoms with Crippen LogP contribution in [0.1, 0.15) is 44.9 Å². The van der Waals surface area contributed by atoms with E-state index in [9.17, 15) is 4.39 Å². The molecule has 5 atom stereocenters. The Bertz CT molecular complexity index is 529. The predicted molar refractivity (Wildman–Crippen MR) is 84.7 cm³/mol. The van der Waals surface area contributed by atoms with Crippen LogP contribution in [-0.2, 0) is 9.47 Å². The van der Waals surface area contributed by atoms with E-state index in [0.29, 0.717) is 17.6 Å². The van der Waals surface area contributed by atoms with Gasteiger partial charge in [0.05, 0.1) is 6.10 Å². The first-order chi connectivity index (χ1) is 11.3. The highest BCUT2D eigenvalue weighted by Gasteiger charge is 2.48. The fourth-order valence-electron chi connectivity index (χ4n) is 4.51. The number of ether oxygens (including phenoxy) is 3. The van der Waals surface area contributed by atoms with E-state index < -0.39 is 0 Å². The summed E-state index contributed by atoms with van der Waals surface area (Å²) in [5.41, 5.74) is 0. The number of fused-ring (bicyclic) bond motifs is 1. The molecule has 2 aliphatic carbocycles. The van der Waals surface area contributed by atoms with Crippen molar-refractivity contribution in [3.05, 3.63) is 30.1 Å². The largest absolute Gasteiger partial charge is 0.487 e. The van der Waals surface area contributed by atoms with Crippen molar-refractivity contribution in [2.24, 2.45) is 11.8 Å². The van der Waals surface area contributed by atoms with Crippen LogP contribution in [0.15, 0.2) is 24.3 Å². The summed E-state index contributed by atoms with van der Waals surface area (Å²) in [6.07, 6.45) is 8.03. The molecule has 0 bridgehead atoms. The average molecular weight is 320 g/mol. The van der Waals surface area contributed by atoms with Crippen LogP contribution in [0.4, 0.5) is 4.39 Å². The average Bonchev–Trinajstić information content (AvgIpc) is 3.12. The molecule has 5 unspecified atom stereocenters. The highest BCUT2D eigenvalue weighted by molar-refractivity contribution is 5.23. The molecular formula is C19H25FO3. The van der Waals surface area contributed by atoms with Crippen molar-refractivity contribution in [3.8, 4) is 5.75 Å². The van der Waals surface area contributed by atoms with Gasteiger partial charge in [-0.2, -0.15) is 0 Å². The van der Waals surface area contributed by atoms with Gasteiger partial charge in [0.1, 0.15) is 17.7 Å². The third kappa shape index (κ3) is 3.38. The van der Waals surface area contributed by atoms with Gasteiger partial charge in [0, 0.05) is 18.6 Å². The molecule has 3 fully saturated rings. The molecule has 2 saturated carbocycles. The second-order valence-electron chi connectivity index (χ2n) is 7.10. The van der Waals surface area contributed by atoms with Crippen LogP contribution in [0.3, 0.4) is 0 Å². The summed E-state index contributed by atoms with van der Waals surface area (Å²) in [4.78, 5) is 0. The maximum atomic E-state index is 13.4. The number of hydrogen-bond donors (Lipinski definition) is 0. The minimum absolute atomic E-state index is 0.0230. The lowest BCUT2D eigenvalue weighted by atomic mass is 9.99. The van der Waals surface area contributed by atoms with Crippen LogP contribution >= 0.6 is 0 Å². The van der Waals surface area contributed by atoms with E-state index >= 15 is 0 Å². The molecule has 0 radical (unpaired) electrons. The van der Waals surface area contributed by atoms with Gasteiger partial charge in [-0.1, -0.05) is 12.5 Å². The summed E-state index contributed by atoms with van der Waals surface area (Å²) in [7, 11) is 0. The third-order valence-corrected chi connectivity index (χ3v) is 5.57. The molecule has 126 valence electrons. The van der Waals surface area contributed by atoms with E-state index in [1.165, 1.54) is 37.8 Å². The van der Waals surface area contributed by atoms with Gasteiger partial charge in [0.25, 0.3) is 0 Å². The standard InChI is InChI=1S/C19H25FO3/c20-14-6-4-7-15(12-14)22-19-16-8-3-5-13(16)11-17(19)23-18-9-1-2-10-21-18/h4,6-7,12-13,16-19H,1-3,5,8-11H2. The molecule has 3 nitrogen and oxygen atoms in total. The first-order valence-electron chi connectivity index (χ1n) is 8.99. The van der Waals surface area contributed by atoms with E-state index in [-0.39, 0.29) is 24.3 Å². The zero-order valence-corrected chi connectivity index (χ0v) is 13.5. The molecule has 0 aromatic heterocycles. The first kappa shape index (κ1) is 15.4. The van der Waals surface area contributed by atoms with Gasteiger partial charge in [0.15, 0.2) is 6.29 Å². The third-order valence-electron chi connectivity index (χ3n) is 5.57. The van der Waals surface area contributed by atoms with E-state index in [2.05, 4.69) is 0 Å². The molecule has 1 aromatic rings. The Morgan fingerprint density at radius 3 is 2.87 bits per heavy atom. The summed E-state index contributed by atoms with van der Waals surface area (Å²) >= 11 is 0. The summed E-state index contributed by atoms with van der Waals surface area (Å²) in [6, 6.07) is 6.45. The summed E-state index contributed by atoms with van der Waals surface area (Å²) < 4.78 is 31.7. The summed E-state index contributed by atoms with van der Waals surface area (Å²) in [5, 5.41) is 0. The molecule has 1 heterocycles. The lowest BCUT2D eigenvalue weighted by Crippen LogP contribution is -2.37. The molecule has 3 aliphatic rings. The van der Waals surface area contributed by atoms with Crippen molar-refractivity contribution < 1.29 is 18.6 Å². The van der Waals surface area contributed by atoms with Crippen LogP contribution < -0.4 is 4.74 Å². The van der Waals surface area contributed by atoms with E-state index in [1.807, 2.05) is 6.07 Å². The molecule has 4 rings (SSSR count). The Morgan fingerprint density at radius 2 is 2.04 bits per heavy atom. The monoisotopic (exact) mass is 320 g/mol. The molecule has 4 heteroatoms. The van der Waals surface area contributed by atoms with Crippen LogP contribution in [0.2, 0.25) is 0 Å². The van der Waals surface area contributed by atoms with Crippen molar-refractivity contribution in [1.29, 1.82) is 0 Å². The van der Waals surface area contributed by atoms with Crippen molar-refractivity contribution in [3.63, 3.8) is 0 Å². The lowest BCUT2D eigenvalue weighted by molar-refractivity contribution is -0.201. The number of hydrogen-bond acceptors (Lipinski definition) is 3. The topological polar surface area (TPSA) is 27.7 Å². The highest BCUT2D eigenvalue weighted by atomic mass is 19.1. The van der Waals surface area contributed by atoms with Crippen LogP contribution in [0.25, 0.3) is 0 Å². The van der Waals surface area contributed by atoms with Crippen molar-refractivity contribution in [2.75, 3.05) is 6.61 Å². The maximum absolute atomic E-state index is 13.4. The highest BCUT2D eigenvalue weighted by Crippen LogP contribution is 2.47. The molecule has 1 aromatic carbocycles. The van der Waals surface area contributed by atoms with E-state index in [0.717, 1.165) is 25.9 Å². The fraction of sp³-hybridized carbons (Fsp3) is 0.684. The molecule has 1 aliphatic heterocycles. The second-order valence-corrected chi connectivity index (χ2v) is 7.10. The Kier molecular flexibility index (Phi) is 4.54. The first-order valence-corrected chi connectivity index (χ1v) is 8.99. The molecule has 1 saturated heterocycles. The Balaban J connectivity index is 1.47. The van der Waals surface area contributed by atoms with Crippen LogP contribution in [0.5, 0.6) is 5.75 Å². The molecule has 23 heavy (non-hydrogen) atoms. The van der Waals surface area contributed by atoms with Gasteiger partial charge < -0.3 is 14.2 Å². The van der Waals surface area contributed by atoms with Gasteiger partial charge >= 0.3 is 0 Å².